The predicted octanol–water partition coefficient (Wildman–Crippen LogP) is 2.57. The average molecular weight is 205 g/mol. The summed E-state index contributed by atoms with van der Waals surface area (Å²) in [4.78, 5) is 4.26. The fourth-order valence-corrected chi connectivity index (χ4v) is 2.28. The summed E-state index contributed by atoms with van der Waals surface area (Å²) in [6, 6.07) is 5.86. The Kier molecular flexibility index (Phi) is 3.06. The van der Waals surface area contributed by atoms with E-state index in [1.807, 2.05) is 25.1 Å². The highest BCUT2D eigenvalue weighted by molar-refractivity contribution is 5.06. The summed E-state index contributed by atoms with van der Waals surface area (Å²) < 4.78 is 0. The second-order valence-electron chi connectivity index (χ2n) is 5.00. The molecule has 1 aliphatic carbocycles. The van der Waals surface area contributed by atoms with Crippen molar-refractivity contribution < 1.29 is 5.11 Å². The lowest BCUT2D eigenvalue weighted by Gasteiger charge is -2.33. The van der Waals surface area contributed by atoms with Gasteiger partial charge in [-0.25, -0.2) is 0 Å². The molecule has 0 amide bonds. The first-order valence-corrected chi connectivity index (χ1v) is 5.78. The lowest BCUT2D eigenvalue weighted by atomic mass is 9.76. The zero-order valence-electron chi connectivity index (χ0n) is 9.32. The van der Waals surface area contributed by atoms with E-state index in [1.165, 1.54) is 19.3 Å². The van der Waals surface area contributed by atoms with Gasteiger partial charge >= 0.3 is 0 Å². The first-order valence-electron chi connectivity index (χ1n) is 5.78. The molecule has 0 bridgehead atoms. The van der Waals surface area contributed by atoms with E-state index in [2.05, 4.69) is 4.98 Å². The molecule has 1 aliphatic rings. The summed E-state index contributed by atoms with van der Waals surface area (Å²) >= 11 is 0. The van der Waals surface area contributed by atoms with E-state index in [1.54, 1.807) is 6.20 Å². The third-order valence-corrected chi connectivity index (χ3v) is 3.24. The Bertz CT molecular complexity index is 304. The van der Waals surface area contributed by atoms with Crippen LogP contribution in [0.2, 0.25) is 0 Å². The fourth-order valence-electron chi connectivity index (χ4n) is 2.28. The standard InChI is InChI=1S/C13H19NO/c1-13(15,9-11-5-4-6-11)10-12-7-2-3-8-14-12/h2-3,7-8,11,15H,4-6,9-10H2,1H3. The van der Waals surface area contributed by atoms with Gasteiger partial charge in [-0.1, -0.05) is 25.3 Å². The van der Waals surface area contributed by atoms with Gasteiger partial charge in [-0.3, -0.25) is 4.98 Å². The Morgan fingerprint density at radius 3 is 2.80 bits per heavy atom. The van der Waals surface area contributed by atoms with Crippen molar-refractivity contribution >= 4 is 0 Å². The summed E-state index contributed by atoms with van der Waals surface area (Å²) in [7, 11) is 0. The van der Waals surface area contributed by atoms with Crippen LogP contribution < -0.4 is 0 Å². The third-order valence-electron chi connectivity index (χ3n) is 3.24. The van der Waals surface area contributed by atoms with Gasteiger partial charge < -0.3 is 5.11 Å². The highest BCUT2D eigenvalue weighted by Crippen LogP contribution is 2.34. The molecule has 2 rings (SSSR count). The van der Waals surface area contributed by atoms with E-state index in [4.69, 9.17) is 0 Å². The van der Waals surface area contributed by atoms with Crippen LogP contribution in [-0.2, 0) is 6.42 Å². The van der Waals surface area contributed by atoms with Crippen molar-refractivity contribution in [3.8, 4) is 0 Å². The molecule has 1 heterocycles. The molecule has 0 saturated heterocycles. The smallest absolute Gasteiger partial charge is 0.0677 e. The first kappa shape index (κ1) is 10.6. The van der Waals surface area contributed by atoms with Gasteiger partial charge in [-0.15, -0.1) is 0 Å². The molecule has 82 valence electrons. The first-order chi connectivity index (χ1) is 7.16. The maximum absolute atomic E-state index is 10.3. The van der Waals surface area contributed by atoms with E-state index in [9.17, 15) is 5.11 Å². The Labute approximate surface area is 91.4 Å². The van der Waals surface area contributed by atoms with Gasteiger partial charge in [0.1, 0.15) is 0 Å². The van der Waals surface area contributed by atoms with Crippen LogP contribution >= 0.6 is 0 Å². The Balaban J connectivity index is 1.91. The zero-order valence-corrected chi connectivity index (χ0v) is 9.32. The number of aromatic nitrogens is 1. The van der Waals surface area contributed by atoms with Gasteiger partial charge in [0.2, 0.25) is 0 Å². The lowest BCUT2D eigenvalue weighted by Crippen LogP contribution is -2.32. The molecule has 0 aliphatic heterocycles. The molecule has 1 fully saturated rings. The van der Waals surface area contributed by atoms with Crippen LogP contribution in [0.1, 0.15) is 38.3 Å². The minimum atomic E-state index is -0.584. The molecule has 0 aromatic carbocycles. The summed E-state index contributed by atoms with van der Waals surface area (Å²) in [6.45, 7) is 1.93. The second kappa shape index (κ2) is 4.31. The molecule has 2 heteroatoms. The quantitative estimate of drug-likeness (QED) is 0.819. The molecular formula is C13H19NO. The van der Waals surface area contributed by atoms with Crippen molar-refractivity contribution in [2.24, 2.45) is 5.92 Å². The van der Waals surface area contributed by atoms with Gasteiger partial charge in [0.15, 0.2) is 0 Å². The van der Waals surface area contributed by atoms with E-state index in [-0.39, 0.29) is 0 Å². The van der Waals surface area contributed by atoms with Gasteiger partial charge in [0.25, 0.3) is 0 Å². The molecule has 1 unspecified atom stereocenters. The minimum Gasteiger partial charge on any atom is -0.390 e. The molecule has 1 N–H and O–H groups in total. The van der Waals surface area contributed by atoms with Crippen LogP contribution in [0, 0.1) is 5.92 Å². The Hall–Kier alpha value is -0.890. The molecule has 0 radical (unpaired) electrons. The van der Waals surface area contributed by atoms with Crippen LogP contribution in [0.15, 0.2) is 24.4 Å². The highest BCUT2D eigenvalue weighted by Gasteiger charge is 2.29. The number of rotatable bonds is 4. The molecule has 15 heavy (non-hydrogen) atoms. The summed E-state index contributed by atoms with van der Waals surface area (Å²) in [5.74, 6) is 0.740. The van der Waals surface area contributed by atoms with E-state index >= 15 is 0 Å². The van der Waals surface area contributed by atoms with Gasteiger partial charge in [-0.2, -0.15) is 0 Å². The van der Waals surface area contributed by atoms with Gasteiger partial charge in [-0.05, 0) is 31.4 Å². The van der Waals surface area contributed by atoms with Crippen molar-refractivity contribution in [2.75, 3.05) is 0 Å². The maximum atomic E-state index is 10.3. The van der Waals surface area contributed by atoms with Crippen LogP contribution in [0.5, 0.6) is 0 Å². The number of aliphatic hydroxyl groups is 1. The van der Waals surface area contributed by atoms with Crippen molar-refractivity contribution in [3.05, 3.63) is 30.1 Å². The van der Waals surface area contributed by atoms with E-state index in [0.29, 0.717) is 6.42 Å². The normalized spacial score (nSPS) is 20.7. The number of pyridine rings is 1. The predicted molar refractivity (Wildman–Crippen MR) is 60.5 cm³/mol. The van der Waals surface area contributed by atoms with E-state index in [0.717, 1.165) is 18.0 Å². The topological polar surface area (TPSA) is 33.1 Å². The van der Waals surface area contributed by atoms with Crippen LogP contribution in [0.25, 0.3) is 0 Å². The molecule has 2 nitrogen and oxygen atoms in total. The SMILES string of the molecule is CC(O)(Cc1ccccn1)CC1CCC1. The van der Waals surface area contributed by atoms with Crippen LogP contribution in [0.4, 0.5) is 0 Å². The third kappa shape index (κ3) is 3.03. The van der Waals surface area contributed by atoms with Crippen molar-refractivity contribution in [1.29, 1.82) is 0 Å². The zero-order chi connectivity index (χ0) is 10.7. The largest absolute Gasteiger partial charge is 0.390 e. The number of nitrogens with zero attached hydrogens (tertiary/aromatic N) is 1. The average Bonchev–Trinajstić information content (AvgIpc) is 2.13. The summed E-state index contributed by atoms with van der Waals surface area (Å²) in [5.41, 5.74) is 0.404. The molecular weight excluding hydrogens is 186 g/mol. The van der Waals surface area contributed by atoms with Gasteiger partial charge in [0, 0.05) is 18.3 Å². The molecule has 1 saturated carbocycles. The van der Waals surface area contributed by atoms with Crippen LogP contribution in [0.3, 0.4) is 0 Å². The van der Waals surface area contributed by atoms with E-state index < -0.39 is 5.60 Å². The minimum absolute atomic E-state index is 0.584. The molecule has 0 spiro atoms. The Morgan fingerprint density at radius 2 is 2.27 bits per heavy atom. The van der Waals surface area contributed by atoms with Crippen molar-refractivity contribution in [1.82, 2.24) is 4.98 Å². The Morgan fingerprint density at radius 1 is 1.47 bits per heavy atom. The maximum Gasteiger partial charge on any atom is 0.0677 e. The highest BCUT2D eigenvalue weighted by atomic mass is 16.3. The monoisotopic (exact) mass is 205 g/mol. The molecule has 1 atom stereocenters. The van der Waals surface area contributed by atoms with Crippen molar-refractivity contribution in [3.63, 3.8) is 0 Å². The second-order valence-corrected chi connectivity index (χ2v) is 5.00. The molecule has 1 aromatic heterocycles. The van der Waals surface area contributed by atoms with Crippen molar-refractivity contribution in [2.45, 2.75) is 44.6 Å². The number of hydrogen-bond acceptors (Lipinski definition) is 2. The summed E-state index contributed by atoms with van der Waals surface area (Å²) in [5, 5.41) is 10.3. The number of hydrogen-bond donors (Lipinski definition) is 1. The fraction of sp³-hybridized carbons (Fsp3) is 0.615. The van der Waals surface area contributed by atoms with Crippen LogP contribution in [-0.4, -0.2) is 15.7 Å². The van der Waals surface area contributed by atoms with Gasteiger partial charge in [0.05, 0.1) is 5.60 Å². The summed E-state index contributed by atoms with van der Waals surface area (Å²) in [6.07, 6.45) is 7.30. The molecule has 1 aromatic rings. The lowest BCUT2D eigenvalue weighted by molar-refractivity contribution is 0.0196.